The first kappa shape index (κ1) is 23.0. The lowest BCUT2D eigenvalue weighted by atomic mass is 9.74. The van der Waals surface area contributed by atoms with Crippen LogP contribution in [0.15, 0.2) is 35.7 Å². The summed E-state index contributed by atoms with van der Waals surface area (Å²) >= 11 is 1.85. The van der Waals surface area contributed by atoms with Gasteiger partial charge in [0.2, 0.25) is 0 Å². The number of ether oxygens (including phenoxy) is 1. The van der Waals surface area contributed by atoms with Gasteiger partial charge in [0.1, 0.15) is 18.0 Å². The number of aryl methyl sites for hydroxylation is 1. The molecule has 0 aliphatic heterocycles. The molecule has 3 heteroatoms. The van der Waals surface area contributed by atoms with E-state index in [1.54, 1.807) is 0 Å². The highest BCUT2D eigenvalue weighted by atomic mass is 32.1. The smallest absolute Gasteiger partial charge is 0.122 e. The SMILES string of the molecule is CCCc1cc(C(CC)(CC)c2cccs2)ccc1OCC(C)(O)C(C)(C)C. The van der Waals surface area contributed by atoms with Crippen LogP contribution in [-0.4, -0.2) is 17.3 Å². The Morgan fingerprint density at radius 3 is 2.18 bits per heavy atom. The summed E-state index contributed by atoms with van der Waals surface area (Å²) in [5.41, 5.74) is 1.55. The van der Waals surface area contributed by atoms with Crippen molar-refractivity contribution in [1.82, 2.24) is 0 Å². The second-order valence-electron chi connectivity index (χ2n) is 9.15. The van der Waals surface area contributed by atoms with Gasteiger partial charge in [-0.1, -0.05) is 66.2 Å². The number of benzene rings is 1. The minimum Gasteiger partial charge on any atom is -0.490 e. The van der Waals surface area contributed by atoms with Gasteiger partial charge >= 0.3 is 0 Å². The van der Waals surface area contributed by atoms with E-state index in [1.807, 2.05) is 39.0 Å². The second-order valence-corrected chi connectivity index (χ2v) is 10.1. The number of hydrogen-bond acceptors (Lipinski definition) is 3. The van der Waals surface area contributed by atoms with Gasteiger partial charge in [0, 0.05) is 10.3 Å². The lowest BCUT2D eigenvalue weighted by Gasteiger charge is -2.37. The van der Waals surface area contributed by atoms with Crippen LogP contribution in [0.1, 0.15) is 83.7 Å². The Bertz CT molecular complexity index is 734. The van der Waals surface area contributed by atoms with Crippen LogP contribution < -0.4 is 4.74 Å². The number of thiophene rings is 1. The molecule has 156 valence electrons. The predicted octanol–water partition coefficient (Wildman–Crippen LogP) is 6.98. The van der Waals surface area contributed by atoms with Crippen molar-refractivity contribution >= 4 is 11.3 Å². The van der Waals surface area contributed by atoms with E-state index in [1.165, 1.54) is 16.0 Å². The molecular weight excluding hydrogens is 364 g/mol. The quantitative estimate of drug-likeness (QED) is 0.490. The second kappa shape index (κ2) is 9.00. The molecular formula is C25H38O2S. The summed E-state index contributed by atoms with van der Waals surface area (Å²) in [6, 6.07) is 11.1. The molecule has 0 amide bonds. The molecule has 0 fully saturated rings. The normalized spacial score (nSPS) is 14.7. The van der Waals surface area contributed by atoms with Gasteiger partial charge in [0.25, 0.3) is 0 Å². The van der Waals surface area contributed by atoms with Crippen molar-refractivity contribution < 1.29 is 9.84 Å². The Labute approximate surface area is 176 Å². The summed E-state index contributed by atoms with van der Waals surface area (Å²) in [6.07, 6.45) is 4.21. The van der Waals surface area contributed by atoms with Crippen LogP contribution in [0.3, 0.4) is 0 Å². The van der Waals surface area contributed by atoms with Gasteiger partial charge in [0.05, 0.1) is 0 Å². The average molecular weight is 403 g/mol. The molecule has 0 bridgehead atoms. The van der Waals surface area contributed by atoms with Gasteiger partial charge in [-0.05, 0) is 60.2 Å². The van der Waals surface area contributed by atoms with Crippen molar-refractivity contribution in [2.75, 3.05) is 6.61 Å². The van der Waals surface area contributed by atoms with Crippen molar-refractivity contribution in [3.05, 3.63) is 51.7 Å². The minimum atomic E-state index is -0.886. The summed E-state index contributed by atoms with van der Waals surface area (Å²) < 4.78 is 6.16. The van der Waals surface area contributed by atoms with E-state index in [0.717, 1.165) is 31.4 Å². The molecule has 2 aromatic rings. The molecule has 2 nitrogen and oxygen atoms in total. The molecule has 1 atom stereocenters. The summed E-state index contributed by atoms with van der Waals surface area (Å²) in [6.45, 7) is 15.1. The first-order valence-corrected chi connectivity index (χ1v) is 11.5. The fourth-order valence-corrected chi connectivity index (χ4v) is 4.71. The zero-order valence-electron chi connectivity index (χ0n) is 18.8. The van der Waals surface area contributed by atoms with Crippen molar-refractivity contribution in [2.45, 2.75) is 85.2 Å². The van der Waals surface area contributed by atoms with Gasteiger partial charge in [0.15, 0.2) is 0 Å². The third kappa shape index (κ3) is 4.63. The van der Waals surface area contributed by atoms with E-state index in [0.29, 0.717) is 6.61 Å². The summed E-state index contributed by atoms with van der Waals surface area (Å²) in [5, 5.41) is 13.0. The lowest BCUT2D eigenvalue weighted by Crippen LogP contribution is -2.45. The zero-order chi connectivity index (χ0) is 21.0. The lowest BCUT2D eigenvalue weighted by molar-refractivity contribution is -0.0726. The highest BCUT2D eigenvalue weighted by molar-refractivity contribution is 7.10. The summed E-state index contributed by atoms with van der Waals surface area (Å²) in [7, 11) is 0. The minimum absolute atomic E-state index is 0.0616. The number of hydrogen-bond donors (Lipinski definition) is 1. The van der Waals surface area contributed by atoms with E-state index >= 15 is 0 Å². The van der Waals surface area contributed by atoms with Gasteiger partial charge in [-0.3, -0.25) is 0 Å². The number of rotatable bonds is 9. The molecule has 0 aliphatic carbocycles. The monoisotopic (exact) mass is 402 g/mol. The zero-order valence-corrected chi connectivity index (χ0v) is 19.6. The van der Waals surface area contributed by atoms with Crippen LogP contribution in [0.2, 0.25) is 0 Å². The van der Waals surface area contributed by atoms with Gasteiger partial charge in [-0.25, -0.2) is 0 Å². The molecule has 0 saturated heterocycles. The van der Waals surface area contributed by atoms with E-state index in [-0.39, 0.29) is 10.8 Å². The van der Waals surface area contributed by atoms with Gasteiger partial charge < -0.3 is 9.84 Å². The Hall–Kier alpha value is -1.32. The molecule has 2 rings (SSSR count). The fourth-order valence-electron chi connectivity index (χ4n) is 3.62. The van der Waals surface area contributed by atoms with Crippen LogP contribution in [0.25, 0.3) is 0 Å². The highest BCUT2D eigenvalue weighted by Gasteiger charge is 2.36. The van der Waals surface area contributed by atoms with Crippen LogP contribution >= 0.6 is 11.3 Å². The number of aliphatic hydroxyl groups is 1. The van der Waals surface area contributed by atoms with Crippen molar-refractivity contribution in [2.24, 2.45) is 5.41 Å². The molecule has 0 saturated carbocycles. The largest absolute Gasteiger partial charge is 0.490 e. The third-order valence-electron chi connectivity index (χ3n) is 6.46. The Kier molecular flexibility index (Phi) is 7.38. The topological polar surface area (TPSA) is 29.5 Å². The maximum atomic E-state index is 10.8. The van der Waals surface area contributed by atoms with Crippen LogP contribution in [0, 0.1) is 5.41 Å². The highest BCUT2D eigenvalue weighted by Crippen LogP contribution is 2.42. The Morgan fingerprint density at radius 1 is 1.00 bits per heavy atom. The van der Waals surface area contributed by atoms with Crippen molar-refractivity contribution in [3.8, 4) is 5.75 Å². The van der Waals surface area contributed by atoms with E-state index < -0.39 is 5.60 Å². The Morgan fingerprint density at radius 2 is 1.68 bits per heavy atom. The van der Waals surface area contributed by atoms with Gasteiger partial charge in [-0.15, -0.1) is 11.3 Å². The fraction of sp³-hybridized carbons (Fsp3) is 0.600. The molecule has 1 heterocycles. The van der Waals surface area contributed by atoms with Crippen molar-refractivity contribution in [1.29, 1.82) is 0 Å². The first-order valence-electron chi connectivity index (χ1n) is 10.6. The molecule has 1 aromatic carbocycles. The molecule has 28 heavy (non-hydrogen) atoms. The third-order valence-corrected chi connectivity index (χ3v) is 7.53. The molecule has 0 aliphatic rings. The molecule has 0 radical (unpaired) electrons. The first-order chi connectivity index (χ1) is 13.1. The van der Waals surface area contributed by atoms with Crippen molar-refractivity contribution in [3.63, 3.8) is 0 Å². The van der Waals surface area contributed by atoms with Gasteiger partial charge in [-0.2, -0.15) is 0 Å². The average Bonchev–Trinajstić information content (AvgIpc) is 3.17. The van der Waals surface area contributed by atoms with Crippen LogP contribution in [-0.2, 0) is 11.8 Å². The summed E-state index contributed by atoms with van der Waals surface area (Å²) in [4.78, 5) is 1.43. The van der Waals surface area contributed by atoms with E-state index in [2.05, 4.69) is 56.5 Å². The van der Waals surface area contributed by atoms with E-state index in [4.69, 9.17) is 4.74 Å². The predicted molar refractivity (Wildman–Crippen MR) is 122 cm³/mol. The molecule has 1 unspecified atom stereocenters. The Balaban J connectivity index is 2.39. The molecule has 0 spiro atoms. The molecule has 1 aromatic heterocycles. The standard InChI is InChI=1S/C25H38O2S/c1-8-12-19-17-20(25(9-2,10-3)22-13-11-16-28-22)14-15-21(19)27-18-24(7,26)23(4,5)6/h11,13-17,26H,8-10,12,18H2,1-7H3. The maximum Gasteiger partial charge on any atom is 0.122 e. The van der Waals surface area contributed by atoms with Crippen LogP contribution in [0.5, 0.6) is 5.75 Å². The summed E-state index contributed by atoms with van der Waals surface area (Å²) in [5.74, 6) is 0.905. The van der Waals surface area contributed by atoms with E-state index in [9.17, 15) is 5.11 Å². The van der Waals surface area contributed by atoms with Crippen LogP contribution in [0.4, 0.5) is 0 Å². The maximum absolute atomic E-state index is 10.8. The molecule has 1 N–H and O–H groups in total.